The first-order chi connectivity index (χ1) is 51.9. The minimum atomic E-state index is -2.48. The van der Waals surface area contributed by atoms with Crippen LogP contribution in [0.25, 0.3) is 22.3 Å². The highest BCUT2D eigenvalue weighted by molar-refractivity contribution is 5.89. The summed E-state index contributed by atoms with van der Waals surface area (Å²) in [4.78, 5) is 27.6. The number of phenols is 3. The van der Waals surface area contributed by atoms with Gasteiger partial charge in [-0.3, -0.25) is 9.59 Å². The van der Waals surface area contributed by atoms with Gasteiger partial charge in [0.05, 0.1) is 39.6 Å². The topological polar surface area (TPSA) is 733 Å². The minimum absolute atomic E-state index is 0.122. The number of fused-ring (bicyclic) bond motifs is 1. The number of nitrogens with one attached hydrogen (secondary N) is 1. The van der Waals surface area contributed by atoms with E-state index in [2.05, 4.69) is 5.32 Å². The molecule has 25 rings (SSSR count). The van der Waals surface area contributed by atoms with Crippen LogP contribution in [0.2, 0.25) is 0 Å². The molecule has 22 aliphatic heterocycles. The summed E-state index contributed by atoms with van der Waals surface area (Å²) in [5, 5.41) is 293. The number of hydrogen-bond acceptors (Lipinski definition) is 45. The standard InChI is InChI=1S/C63H87NO45/c65-8-21-48-34(79)42(87)59(97-21)105-50-23(10-67)99-61(44(89)36(50)81)107-52-25(12-69)101-63(46(91)38(52)83)108-53-26(13-70)100-62(45(90)37(53)82)106-51-24(11-68)98-60(43(88)35(51)80)104-49-22(9-66)96-58(41(86)33(49)78)102-47-20(95-57(103-48)40(85)32(47)77)7-64-55(92)54-31(76)30(75)39(84)56(109-54)94-19-6-18-27(29(74)28(19)73)16(72)5-17(93-18)14-1-3-15(71)4-2-14/h1-6,20-26,30-54,56-63,65-71,73-91H,7-13H2,(H,64,92)/t20-,21-,22-,23-,24-,25-,26-,30+,31+,32-,33-,34-,35-,36-,37-,38-,39-,40-,41-,42-,43-,44-,45-,46-,47-,48-,49-,50-,51-,52-,53-,54+,56-,57-,58-,59-,60-,61-,62-,63-/m1/s1. The fourth-order valence-corrected chi connectivity index (χ4v) is 14.1. The Labute approximate surface area is 611 Å². The molecule has 1 aromatic heterocycles. The van der Waals surface area contributed by atoms with Crippen LogP contribution in [0.1, 0.15) is 0 Å². The number of carbonyl (C=O) groups excluding carboxylic acids is 1. The van der Waals surface area contributed by atoms with E-state index in [0.717, 1.165) is 12.1 Å². The lowest BCUT2D eigenvalue weighted by Gasteiger charge is -2.50. The molecule has 0 aliphatic carbocycles. The first kappa shape index (κ1) is 83.2. The maximum absolute atomic E-state index is 14.4. The van der Waals surface area contributed by atoms with Crippen molar-refractivity contribution >= 4 is 16.9 Å². The third-order valence-corrected chi connectivity index (χ3v) is 20.2. The Morgan fingerprint density at radius 3 is 0.963 bits per heavy atom. The summed E-state index contributed by atoms with van der Waals surface area (Å²) in [7, 11) is 0. The fraction of sp³-hybridized carbons (Fsp3) is 0.746. The third-order valence-electron chi connectivity index (χ3n) is 20.2. The molecule has 0 radical (unpaired) electrons. The Bertz CT molecular complexity index is 3550. The van der Waals surface area contributed by atoms with E-state index < -0.39 is 331 Å². The van der Waals surface area contributed by atoms with Crippen molar-refractivity contribution in [1.82, 2.24) is 5.32 Å². The van der Waals surface area contributed by atoms with Gasteiger partial charge in [-0.05, 0) is 24.3 Å². The van der Waals surface area contributed by atoms with Crippen molar-refractivity contribution in [1.29, 1.82) is 0 Å². The highest BCUT2D eigenvalue weighted by atomic mass is 16.8. The van der Waals surface area contributed by atoms with E-state index in [1.165, 1.54) is 24.3 Å². The zero-order valence-electron chi connectivity index (χ0n) is 56.4. The minimum Gasteiger partial charge on any atom is -0.508 e. The molecule has 0 spiro atoms. The molecule has 0 saturated carbocycles. The lowest BCUT2D eigenvalue weighted by atomic mass is 9.95. The molecule has 27 N–H and O–H groups in total. The molecule has 14 bridgehead atoms. The average molecular weight is 1580 g/mol. The number of phenolic OH excluding ortho intramolecular Hbond substituents is 3. The normalized spacial score (nSPS) is 46.7. The largest absolute Gasteiger partial charge is 0.508 e. The number of hydrogen-bond donors (Lipinski definition) is 27. The molecule has 1 amide bonds. The maximum atomic E-state index is 14.4. The molecular formula is C63H87NO45. The van der Waals surface area contributed by atoms with Crippen LogP contribution in [-0.4, -0.2) is 431 Å². The molecule has 22 fully saturated rings. The van der Waals surface area contributed by atoms with E-state index in [1.807, 2.05) is 0 Å². The van der Waals surface area contributed by atoms with Crippen molar-refractivity contribution in [2.24, 2.45) is 0 Å². The van der Waals surface area contributed by atoms with Gasteiger partial charge in [-0.25, -0.2) is 0 Å². The Balaban J connectivity index is 0.829. The van der Waals surface area contributed by atoms with E-state index in [1.54, 1.807) is 0 Å². The van der Waals surface area contributed by atoms with Crippen molar-refractivity contribution in [3.05, 3.63) is 46.6 Å². The molecule has 40 atom stereocenters. The number of aromatic hydroxyl groups is 3. The van der Waals surface area contributed by atoms with Crippen LogP contribution >= 0.6 is 0 Å². The van der Waals surface area contributed by atoms with Crippen LogP contribution in [0.3, 0.4) is 0 Å². The molecule has 0 unspecified atom stereocenters. The van der Waals surface area contributed by atoms with Crippen molar-refractivity contribution in [3.63, 3.8) is 0 Å². The third kappa shape index (κ3) is 16.2. The number of ether oxygens (including phenoxy) is 16. The molecule has 614 valence electrons. The van der Waals surface area contributed by atoms with Gasteiger partial charge in [-0.15, -0.1) is 0 Å². The van der Waals surface area contributed by atoms with Crippen molar-refractivity contribution in [3.8, 4) is 34.3 Å². The van der Waals surface area contributed by atoms with Gasteiger partial charge in [-0.2, -0.15) is 0 Å². The van der Waals surface area contributed by atoms with Gasteiger partial charge in [0, 0.05) is 24.2 Å². The zero-order valence-corrected chi connectivity index (χ0v) is 56.4. The Hall–Kier alpha value is -5.20. The van der Waals surface area contributed by atoms with E-state index in [0.29, 0.717) is 0 Å². The molecule has 3 aromatic rings. The SMILES string of the molecule is O=C(NC[C@H]1O[C@@H]2O[C@H]3[C@H](O)[C@@H](O)[C@@H](O[C@H]4[C@H](O)[C@@H](O)[C@@H](O[C@H]5[C@H](O)[C@@H](O)[C@@H](O[C@H]6[C@H](O)[C@@H](O)[C@@H](O[C@H]7[C@H](O)[C@@H](O)[C@@H](O[C@H]8[C@H](O)[C@@H](O)[C@@H](O[C@H]1[C@H](O)[C@H]2O)O[C@@H]8CO)O[C@@H]7CO)O[C@@H]6CO)O[C@@H]5CO)O[C@@H]4CO)O[C@@H]3CO)[C@H]1O[C@@H](Oc2cc3oc(-c4ccc(O)cc4)cc(=O)c3c(O)c2O)[C@H](O)[C@@H](O)[C@@H]1O. The predicted molar refractivity (Wildman–Crippen MR) is 335 cm³/mol. The predicted octanol–water partition coefficient (Wildman–Crippen LogP) is -15.3. The van der Waals surface area contributed by atoms with Crippen LogP contribution in [0.4, 0.5) is 0 Å². The number of amides is 1. The Morgan fingerprint density at radius 1 is 0.349 bits per heavy atom. The van der Waals surface area contributed by atoms with Crippen molar-refractivity contribution in [2.75, 3.05) is 46.2 Å². The monoisotopic (exact) mass is 1580 g/mol. The molecule has 46 heteroatoms. The van der Waals surface area contributed by atoms with Crippen LogP contribution in [0.15, 0.2) is 45.6 Å². The molecule has 22 saturated heterocycles. The van der Waals surface area contributed by atoms with Gasteiger partial charge >= 0.3 is 0 Å². The van der Waals surface area contributed by atoms with Gasteiger partial charge in [0.1, 0.15) is 212 Å². The molecule has 23 heterocycles. The number of aliphatic hydroxyl groups is 23. The first-order valence-corrected chi connectivity index (χ1v) is 34.2. The second-order valence-electron chi connectivity index (χ2n) is 27.2. The quantitative estimate of drug-likeness (QED) is 0.0749. The highest BCUT2D eigenvalue weighted by Gasteiger charge is 2.60. The van der Waals surface area contributed by atoms with Crippen molar-refractivity contribution in [2.45, 2.75) is 246 Å². The highest BCUT2D eigenvalue weighted by Crippen LogP contribution is 2.45. The summed E-state index contributed by atoms with van der Waals surface area (Å²) >= 11 is 0. The maximum Gasteiger partial charge on any atom is 0.252 e. The molecular weight excluding hydrogens is 1490 g/mol. The van der Waals surface area contributed by atoms with Gasteiger partial charge in [0.2, 0.25) is 12.0 Å². The van der Waals surface area contributed by atoms with E-state index in [4.69, 9.17) is 80.2 Å². The second kappa shape index (κ2) is 34.5. The molecule has 109 heavy (non-hydrogen) atoms. The Morgan fingerprint density at radius 2 is 0.651 bits per heavy atom. The number of aliphatic hydroxyl groups excluding tert-OH is 23. The summed E-state index contributed by atoms with van der Waals surface area (Å²) in [6.45, 7) is -8.01. The van der Waals surface area contributed by atoms with Crippen LogP contribution in [-0.2, 0) is 75.8 Å². The first-order valence-electron chi connectivity index (χ1n) is 34.2. The summed E-state index contributed by atoms with van der Waals surface area (Å²) in [6, 6.07) is 7.09. The lowest BCUT2D eigenvalue weighted by Crippen LogP contribution is -2.69. The van der Waals surface area contributed by atoms with E-state index in [9.17, 15) is 142 Å². The number of benzene rings is 2. The van der Waals surface area contributed by atoms with E-state index >= 15 is 0 Å². The second-order valence-corrected chi connectivity index (χ2v) is 27.2. The summed E-state index contributed by atoms with van der Waals surface area (Å²) in [6.07, 6.45) is -87.7. The van der Waals surface area contributed by atoms with Gasteiger partial charge in [-0.1, -0.05) is 0 Å². The molecule has 22 aliphatic rings. The van der Waals surface area contributed by atoms with Gasteiger partial charge in [0.25, 0.3) is 5.91 Å². The van der Waals surface area contributed by atoms with Crippen LogP contribution in [0.5, 0.6) is 23.0 Å². The van der Waals surface area contributed by atoms with Gasteiger partial charge in [0.15, 0.2) is 67.1 Å². The summed E-state index contributed by atoms with van der Waals surface area (Å²) in [5.41, 5.74) is -1.10. The molecule has 46 nitrogen and oxygen atoms in total. The Kier molecular flexibility index (Phi) is 26.3. The summed E-state index contributed by atoms with van der Waals surface area (Å²) in [5.74, 6) is -4.85. The smallest absolute Gasteiger partial charge is 0.252 e. The number of carbonyl (C=O) groups is 1. The van der Waals surface area contributed by atoms with Crippen LogP contribution in [0, 0.1) is 0 Å². The van der Waals surface area contributed by atoms with Crippen molar-refractivity contribution < 1.29 is 218 Å². The van der Waals surface area contributed by atoms with Gasteiger partial charge < -0.3 is 218 Å². The number of rotatable bonds is 12. The lowest BCUT2D eigenvalue weighted by molar-refractivity contribution is -0.396. The van der Waals surface area contributed by atoms with E-state index in [-0.39, 0.29) is 17.1 Å². The summed E-state index contributed by atoms with van der Waals surface area (Å²) < 4.78 is 98.2. The zero-order chi connectivity index (χ0) is 78.8. The molecule has 2 aromatic carbocycles. The van der Waals surface area contributed by atoms with Crippen LogP contribution < -0.4 is 15.5 Å². The average Bonchev–Trinajstić information content (AvgIpc) is 0.797. The fourth-order valence-electron chi connectivity index (χ4n) is 14.1.